The average molecular weight is 298 g/mol. The Bertz CT molecular complexity index is 621. The molecule has 3 nitrogen and oxygen atoms in total. The largest absolute Gasteiger partial charge is 0.305 e. The minimum Gasteiger partial charge on any atom is -0.258 e. The van der Waals surface area contributed by atoms with Gasteiger partial charge in [-0.2, -0.15) is 4.39 Å². The molecule has 0 spiro atoms. The van der Waals surface area contributed by atoms with Crippen LogP contribution in [0.25, 0.3) is 0 Å². The second kappa shape index (κ2) is 6.04. The van der Waals surface area contributed by atoms with Gasteiger partial charge in [0.15, 0.2) is 0 Å². The lowest BCUT2D eigenvalue weighted by Gasteiger charge is -2.04. The molecule has 2 aromatic rings. The molecule has 0 N–H and O–H groups in total. The van der Waals surface area contributed by atoms with Crippen LogP contribution in [0, 0.1) is 15.9 Å². The van der Waals surface area contributed by atoms with Crippen LogP contribution in [0.1, 0.15) is 5.56 Å². The summed E-state index contributed by atoms with van der Waals surface area (Å²) >= 11 is 7.22. The summed E-state index contributed by atoms with van der Waals surface area (Å²) in [5.41, 5.74) is -0.191. The van der Waals surface area contributed by atoms with E-state index in [9.17, 15) is 14.5 Å². The zero-order chi connectivity index (χ0) is 13.8. The third-order valence-corrected chi connectivity index (χ3v) is 3.72. The molecule has 0 unspecified atom stereocenters. The minimum absolute atomic E-state index is 0.305. The summed E-state index contributed by atoms with van der Waals surface area (Å²) in [4.78, 5) is 10.8. The molecule has 0 heterocycles. The number of nitrogens with zero attached hydrogens (tertiary/aromatic N) is 1. The molecule has 0 atom stereocenters. The Kier molecular flexibility index (Phi) is 4.39. The molecule has 0 aliphatic heterocycles. The highest BCUT2D eigenvalue weighted by molar-refractivity contribution is 7.98. The number of halogens is 2. The van der Waals surface area contributed by atoms with Crippen LogP contribution in [-0.2, 0) is 5.75 Å². The van der Waals surface area contributed by atoms with Crippen LogP contribution in [0.15, 0.2) is 47.4 Å². The molecule has 0 aliphatic carbocycles. The molecule has 19 heavy (non-hydrogen) atoms. The van der Waals surface area contributed by atoms with Crippen LogP contribution < -0.4 is 0 Å². The third kappa shape index (κ3) is 3.45. The van der Waals surface area contributed by atoms with Crippen molar-refractivity contribution in [3.8, 4) is 0 Å². The lowest BCUT2D eigenvalue weighted by molar-refractivity contribution is -0.387. The summed E-state index contributed by atoms with van der Waals surface area (Å²) < 4.78 is 13.8. The maximum atomic E-state index is 13.8. The summed E-state index contributed by atoms with van der Waals surface area (Å²) in [6.07, 6.45) is 0. The van der Waals surface area contributed by atoms with Gasteiger partial charge in [0.1, 0.15) is 0 Å². The van der Waals surface area contributed by atoms with E-state index in [0.29, 0.717) is 16.3 Å². The molecule has 0 aromatic heterocycles. The molecule has 2 rings (SSSR count). The standard InChI is InChI=1S/C13H9ClFNO2S/c14-10-4-2-5-11(7-10)19-8-9-3-1-6-12(13(9)15)16(17)18/h1-7H,8H2. The predicted molar refractivity (Wildman–Crippen MR) is 74.1 cm³/mol. The van der Waals surface area contributed by atoms with Crippen LogP contribution >= 0.6 is 23.4 Å². The van der Waals surface area contributed by atoms with Gasteiger partial charge in [0.2, 0.25) is 5.82 Å². The molecule has 6 heteroatoms. The lowest BCUT2D eigenvalue weighted by atomic mass is 10.2. The average Bonchev–Trinajstić information content (AvgIpc) is 2.37. The first-order valence-corrected chi connectivity index (χ1v) is 6.74. The second-order valence-electron chi connectivity index (χ2n) is 3.75. The van der Waals surface area contributed by atoms with Crippen LogP contribution in [0.4, 0.5) is 10.1 Å². The Morgan fingerprint density at radius 3 is 2.68 bits per heavy atom. The Labute approximate surface area is 118 Å². The van der Waals surface area contributed by atoms with Gasteiger partial charge in [-0.1, -0.05) is 29.8 Å². The Morgan fingerprint density at radius 1 is 1.26 bits per heavy atom. The molecule has 98 valence electrons. The van der Waals surface area contributed by atoms with Crippen molar-refractivity contribution < 1.29 is 9.31 Å². The summed E-state index contributed by atoms with van der Waals surface area (Å²) in [5.74, 6) is -0.463. The SMILES string of the molecule is O=[N+]([O-])c1cccc(CSc2cccc(Cl)c2)c1F. The smallest absolute Gasteiger partial charge is 0.258 e. The van der Waals surface area contributed by atoms with Crippen LogP contribution in [-0.4, -0.2) is 4.92 Å². The lowest BCUT2D eigenvalue weighted by Crippen LogP contribution is -1.96. The van der Waals surface area contributed by atoms with E-state index in [1.54, 1.807) is 24.3 Å². The maximum absolute atomic E-state index is 13.8. The van der Waals surface area contributed by atoms with Gasteiger partial charge in [-0.05, 0) is 18.2 Å². The quantitative estimate of drug-likeness (QED) is 0.467. The van der Waals surface area contributed by atoms with E-state index < -0.39 is 16.4 Å². The Morgan fingerprint density at radius 2 is 2.00 bits per heavy atom. The first-order valence-electron chi connectivity index (χ1n) is 5.38. The van der Waals surface area contributed by atoms with Crippen LogP contribution in [0.5, 0.6) is 0 Å². The van der Waals surface area contributed by atoms with Gasteiger partial charge in [-0.3, -0.25) is 10.1 Å². The molecule has 0 aliphatic rings. The van der Waals surface area contributed by atoms with Crippen molar-refractivity contribution in [3.05, 3.63) is 69.0 Å². The van der Waals surface area contributed by atoms with Crippen LogP contribution in [0.3, 0.4) is 0 Å². The normalized spacial score (nSPS) is 10.4. The van der Waals surface area contributed by atoms with Crippen molar-refractivity contribution in [3.63, 3.8) is 0 Å². The highest BCUT2D eigenvalue weighted by Gasteiger charge is 2.16. The third-order valence-electron chi connectivity index (χ3n) is 2.45. The highest BCUT2D eigenvalue weighted by Crippen LogP contribution is 2.28. The van der Waals surface area contributed by atoms with E-state index in [0.717, 1.165) is 11.0 Å². The number of thioether (sulfide) groups is 1. The molecule has 0 saturated heterocycles. The predicted octanol–water partition coefficient (Wildman–Crippen LogP) is 4.68. The molecule has 0 radical (unpaired) electrons. The maximum Gasteiger partial charge on any atom is 0.305 e. The number of hydrogen-bond acceptors (Lipinski definition) is 3. The Hall–Kier alpha value is -1.59. The van der Waals surface area contributed by atoms with E-state index in [1.165, 1.54) is 17.8 Å². The van der Waals surface area contributed by atoms with E-state index in [2.05, 4.69) is 0 Å². The van der Waals surface area contributed by atoms with Gasteiger partial charge in [-0.15, -0.1) is 11.8 Å². The number of hydrogen-bond donors (Lipinski definition) is 0. The van der Waals surface area contributed by atoms with Crippen molar-refractivity contribution in [2.75, 3.05) is 0 Å². The minimum atomic E-state index is -0.776. The fraction of sp³-hybridized carbons (Fsp3) is 0.0769. The van der Waals surface area contributed by atoms with Gasteiger partial charge in [0.25, 0.3) is 0 Å². The van der Waals surface area contributed by atoms with Crippen molar-refractivity contribution in [1.82, 2.24) is 0 Å². The molecule has 0 amide bonds. The first kappa shape index (κ1) is 13.8. The summed E-state index contributed by atoms with van der Waals surface area (Å²) in [5, 5.41) is 11.2. The first-order chi connectivity index (χ1) is 9.08. The molecule has 0 bridgehead atoms. The van der Waals surface area contributed by atoms with Crippen molar-refractivity contribution >= 4 is 29.1 Å². The number of nitro groups is 1. The van der Waals surface area contributed by atoms with Crippen molar-refractivity contribution in [1.29, 1.82) is 0 Å². The highest BCUT2D eigenvalue weighted by atomic mass is 35.5. The summed E-state index contributed by atoms with van der Waals surface area (Å²) in [6, 6.07) is 11.3. The second-order valence-corrected chi connectivity index (χ2v) is 5.24. The van der Waals surface area contributed by atoms with Gasteiger partial charge >= 0.3 is 5.69 Å². The summed E-state index contributed by atoms with van der Waals surface area (Å²) in [7, 11) is 0. The number of benzene rings is 2. The molecule has 0 fully saturated rings. The van der Waals surface area contributed by atoms with Gasteiger partial charge < -0.3 is 0 Å². The van der Waals surface area contributed by atoms with E-state index in [4.69, 9.17) is 11.6 Å². The Balaban J connectivity index is 2.16. The summed E-state index contributed by atoms with van der Waals surface area (Å²) in [6.45, 7) is 0. The van der Waals surface area contributed by atoms with Crippen molar-refractivity contribution in [2.24, 2.45) is 0 Å². The topological polar surface area (TPSA) is 43.1 Å². The van der Waals surface area contributed by atoms with Gasteiger partial charge in [0, 0.05) is 27.3 Å². The number of rotatable bonds is 4. The van der Waals surface area contributed by atoms with Crippen LogP contribution in [0.2, 0.25) is 5.02 Å². The van der Waals surface area contributed by atoms with E-state index >= 15 is 0 Å². The molecule has 2 aromatic carbocycles. The van der Waals surface area contributed by atoms with Crippen molar-refractivity contribution in [2.45, 2.75) is 10.6 Å². The zero-order valence-electron chi connectivity index (χ0n) is 9.68. The molecular formula is C13H9ClFNO2S. The molecule has 0 saturated carbocycles. The molecular weight excluding hydrogens is 289 g/mol. The van der Waals surface area contributed by atoms with Gasteiger partial charge in [-0.25, -0.2) is 0 Å². The monoisotopic (exact) mass is 297 g/mol. The number of nitro benzene ring substituents is 1. The fourth-order valence-corrected chi connectivity index (χ4v) is 2.72. The van der Waals surface area contributed by atoms with E-state index in [-0.39, 0.29) is 0 Å². The van der Waals surface area contributed by atoms with E-state index in [1.807, 2.05) is 6.07 Å². The fourth-order valence-electron chi connectivity index (χ4n) is 1.54. The zero-order valence-corrected chi connectivity index (χ0v) is 11.2. The van der Waals surface area contributed by atoms with Gasteiger partial charge in [0.05, 0.1) is 4.92 Å².